The Kier molecular flexibility index (Phi) is 6.11. The molecule has 4 heterocycles. The third-order valence-corrected chi connectivity index (χ3v) is 6.81. The number of rotatable bonds is 6. The van der Waals surface area contributed by atoms with Gasteiger partial charge in [0.15, 0.2) is 12.1 Å². The van der Waals surface area contributed by atoms with Crippen molar-refractivity contribution in [3.63, 3.8) is 0 Å². The van der Waals surface area contributed by atoms with Crippen molar-refractivity contribution < 1.29 is 14.2 Å². The molecule has 4 aromatic rings. The van der Waals surface area contributed by atoms with Gasteiger partial charge in [0.1, 0.15) is 17.9 Å². The van der Waals surface area contributed by atoms with Gasteiger partial charge in [-0.3, -0.25) is 4.79 Å². The number of benzene rings is 2. The SMILES string of the molecule is CC1(C)O[C@@H]2O[C@H](C=Cc3ccc(-c4cncnc4)cc3)[C@H](CCn3nnc4ccccc4c3=O)[C@@H]2O1. The predicted molar refractivity (Wildman–Crippen MR) is 137 cm³/mol. The third-order valence-electron chi connectivity index (χ3n) is 6.81. The van der Waals surface area contributed by atoms with E-state index < -0.39 is 12.1 Å². The summed E-state index contributed by atoms with van der Waals surface area (Å²) in [6.45, 7) is 4.17. The largest absolute Gasteiger partial charge is 0.342 e. The topological polar surface area (TPSA) is 101 Å². The fraction of sp³-hybridized carbons (Fsp3) is 0.321. The fourth-order valence-electron chi connectivity index (χ4n) is 4.99. The molecule has 0 unspecified atom stereocenters. The molecule has 0 N–H and O–H groups in total. The van der Waals surface area contributed by atoms with E-state index >= 15 is 0 Å². The quantitative estimate of drug-likeness (QED) is 0.396. The van der Waals surface area contributed by atoms with Gasteiger partial charge in [-0.1, -0.05) is 53.8 Å². The smallest absolute Gasteiger partial charge is 0.277 e. The Labute approximate surface area is 213 Å². The second kappa shape index (κ2) is 9.59. The van der Waals surface area contributed by atoms with Gasteiger partial charge in [0, 0.05) is 30.4 Å². The highest BCUT2D eigenvalue weighted by molar-refractivity contribution is 5.76. The summed E-state index contributed by atoms with van der Waals surface area (Å²) < 4.78 is 19.9. The minimum Gasteiger partial charge on any atom is -0.342 e. The van der Waals surface area contributed by atoms with Crippen molar-refractivity contribution in [3.05, 3.63) is 89.2 Å². The van der Waals surface area contributed by atoms with Crippen molar-refractivity contribution in [3.8, 4) is 11.1 Å². The molecule has 0 radical (unpaired) electrons. The predicted octanol–water partition coefficient (Wildman–Crippen LogP) is 3.84. The lowest BCUT2D eigenvalue weighted by Gasteiger charge is -2.24. The van der Waals surface area contributed by atoms with Crippen LogP contribution in [0.4, 0.5) is 0 Å². The minimum absolute atomic E-state index is 0.0241. The lowest BCUT2D eigenvalue weighted by molar-refractivity contribution is -0.205. The maximum absolute atomic E-state index is 12.9. The van der Waals surface area contributed by atoms with E-state index in [4.69, 9.17) is 14.2 Å². The van der Waals surface area contributed by atoms with Gasteiger partial charge in [-0.15, -0.1) is 5.10 Å². The highest BCUT2D eigenvalue weighted by Crippen LogP contribution is 2.42. The number of nitrogens with zero attached hydrogens (tertiary/aromatic N) is 5. The van der Waals surface area contributed by atoms with E-state index in [1.165, 1.54) is 11.0 Å². The maximum atomic E-state index is 12.9. The van der Waals surface area contributed by atoms with Gasteiger partial charge in [0.2, 0.25) is 0 Å². The van der Waals surface area contributed by atoms with Gasteiger partial charge in [-0.05, 0) is 43.5 Å². The first-order valence-electron chi connectivity index (χ1n) is 12.3. The molecule has 4 atom stereocenters. The summed E-state index contributed by atoms with van der Waals surface area (Å²) in [7, 11) is 0. The molecule has 2 aliphatic rings. The molecule has 0 spiro atoms. The first kappa shape index (κ1) is 23.6. The van der Waals surface area contributed by atoms with Gasteiger partial charge in [0.25, 0.3) is 5.56 Å². The van der Waals surface area contributed by atoms with Gasteiger partial charge in [0.05, 0.1) is 11.5 Å². The molecule has 188 valence electrons. The Hall–Kier alpha value is -3.79. The highest BCUT2D eigenvalue weighted by atomic mass is 16.8. The summed E-state index contributed by atoms with van der Waals surface area (Å²) in [6, 6.07) is 15.4. The minimum atomic E-state index is -0.723. The van der Waals surface area contributed by atoms with Crippen molar-refractivity contribution in [2.75, 3.05) is 0 Å². The van der Waals surface area contributed by atoms with Gasteiger partial charge < -0.3 is 14.2 Å². The molecular formula is C28H27N5O4. The van der Waals surface area contributed by atoms with Crippen LogP contribution in [0.25, 0.3) is 28.1 Å². The van der Waals surface area contributed by atoms with Crippen LogP contribution in [0.3, 0.4) is 0 Å². The molecule has 9 heteroatoms. The molecular weight excluding hydrogens is 470 g/mol. The second-order valence-corrected chi connectivity index (χ2v) is 9.76. The Balaban J connectivity index is 1.21. The van der Waals surface area contributed by atoms with Gasteiger partial charge >= 0.3 is 0 Å². The van der Waals surface area contributed by atoms with Crippen LogP contribution in [-0.4, -0.2) is 49.2 Å². The van der Waals surface area contributed by atoms with Crippen molar-refractivity contribution >= 4 is 17.0 Å². The molecule has 2 aromatic carbocycles. The van der Waals surface area contributed by atoms with Crippen LogP contribution in [-0.2, 0) is 20.8 Å². The first-order chi connectivity index (χ1) is 18.0. The molecule has 2 aromatic heterocycles. The van der Waals surface area contributed by atoms with E-state index in [-0.39, 0.29) is 23.7 Å². The molecule has 6 rings (SSSR count). The highest BCUT2D eigenvalue weighted by Gasteiger charge is 2.53. The fourth-order valence-corrected chi connectivity index (χ4v) is 4.99. The summed E-state index contributed by atoms with van der Waals surface area (Å²) in [6.07, 6.45) is 8.86. The number of aryl methyl sites for hydroxylation is 1. The van der Waals surface area contributed by atoms with E-state index in [1.54, 1.807) is 24.5 Å². The van der Waals surface area contributed by atoms with Gasteiger partial charge in [-0.25, -0.2) is 14.6 Å². The van der Waals surface area contributed by atoms with E-state index in [0.717, 1.165) is 16.7 Å². The lowest BCUT2D eigenvalue weighted by Crippen LogP contribution is -2.32. The Morgan fingerprint density at radius 1 is 1.00 bits per heavy atom. The zero-order valence-corrected chi connectivity index (χ0v) is 20.6. The maximum Gasteiger partial charge on any atom is 0.277 e. The van der Waals surface area contributed by atoms with Crippen molar-refractivity contribution in [2.24, 2.45) is 5.92 Å². The number of ether oxygens (including phenoxy) is 3. The number of fused-ring (bicyclic) bond motifs is 2. The Bertz CT molecular complexity index is 1490. The summed E-state index contributed by atoms with van der Waals surface area (Å²) >= 11 is 0. The zero-order chi connectivity index (χ0) is 25.4. The number of hydrogen-bond acceptors (Lipinski definition) is 8. The normalized spacial score (nSPS) is 24.6. The molecule has 0 aliphatic carbocycles. The third kappa shape index (κ3) is 4.81. The van der Waals surface area contributed by atoms with Gasteiger partial charge in [-0.2, -0.15) is 0 Å². The molecule has 0 bridgehead atoms. The molecule has 37 heavy (non-hydrogen) atoms. The Morgan fingerprint density at radius 2 is 1.78 bits per heavy atom. The average molecular weight is 498 g/mol. The van der Waals surface area contributed by atoms with E-state index in [0.29, 0.717) is 23.9 Å². The number of hydrogen-bond donors (Lipinski definition) is 0. The monoisotopic (exact) mass is 497 g/mol. The van der Waals surface area contributed by atoms with Crippen LogP contribution in [0.2, 0.25) is 0 Å². The Morgan fingerprint density at radius 3 is 2.59 bits per heavy atom. The van der Waals surface area contributed by atoms with E-state index in [1.807, 2.05) is 62.4 Å². The van der Waals surface area contributed by atoms with Crippen molar-refractivity contribution in [1.29, 1.82) is 0 Å². The van der Waals surface area contributed by atoms with Crippen LogP contribution < -0.4 is 5.56 Å². The lowest BCUT2D eigenvalue weighted by atomic mass is 9.93. The molecule has 2 aliphatic heterocycles. The standard InChI is InChI=1S/C28H27N5O4/c1-28(2)36-25-22(13-14-33-26(34)21-5-3-4-6-23(21)31-32-33)24(35-27(25)37-28)12-9-18-7-10-19(11-8-18)20-15-29-17-30-16-20/h3-12,15-17,22,24-25,27H,13-14H2,1-2H3/t22-,24+,25-,27-/m0/s1. The summed E-state index contributed by atoms with van der Waals surface area (Å²) in [4.78, 5) is 21.1. The van der Waals surface area contributed by atoms with E-state index in [9.17, 15) is 4.79 Å². The van der Waals surface area contributed by atoms with Crippen LogP contribution in [0.15, 0.2) is 78.1 Å². The van der Waals surface area contributed by atoms with Crippen LogP contribution >= 0.6 is 0 Å². The molecule has 0 amide bonds. The van der Waals surface area contributed by atoms with E-state index in [2.05, 4.69) is 20.3 Å². The van der Waals surface area contributed by atoms with Crippen molar-refractivity contribution in [1.82, 2.24) is 25.0 Å². The summed E-state index contributed by atoms with van der Waals surface area (Å²) in [5.74, 6) is -0.748. The summed E-state index contributed by atoms with van der Waals surface area (Å²) in [5.41, 5.74) is 3.50. The average Bonchev–Trinajstić information content (AvgIpc) is 3.39. The molecule has 2 saturated heterocycles. The van der Waals surface area contributed by atoms with Crippen LogP contribution in [0.1, 0.15) is 25.8 Å². The number of aromatic nitrogens is 5. The molecule has 0 saturated carbocycles. The first-order valence-corrected chi connectivity index (χ1v) is 12.3. The summed E-state index contributed by atoms with van der Waals surface area (Å²) in [5, 5.41) is 8.91. The second-order valence-electron chi connectivity index (χ2n) is 9.76. The van der Waals surface area contributed by atoms with Crippen LogP contribution in [0, 0.1) is 5.92 Å². The van der Waals surface area contributed by atoms with Crippen molar-refractivity contribution in [2.45, 2.75) is 51.1 Å². The van der Waals surface area contributed by atoms with Crippen LogP contribution in [0.5, 0.6) is 0 Å². The molecule has 2 fully saturated rings. The molecule has 9 nitrogen and oxygen atoms in total. The zero-order valence-electron chi connectivity index (χ0n) is 20.6.